The van der Waals surface area contributed by atoms with Crippen molar-refractivity contribution in [2.24, 2.45) is 0 Å². The molecule has 9 heteroatoms. The van der Waals surface area contributed by atoms with Crippen LogP contribution in [0.5, 0.6) is 5.75 Å². The number of anilines is 1. The number of ether oxygens (including phenoxy) is 2. The van der Waals surface area contributed by atoms with Crippen LogP contribution in [-0.2, 0) is 9.53 Å². The molecule has 0 spiro atoms. The van der Waals surface area contributed by atoms with Crippen molar-refractivity contribution in [2.75, 3.05) is 11.9 Å². The molecule has 8 nitrogen and oxygen atoms in total. The molecule has 1 unspecified atom stereocenters. The van der Waals surface area contributed by atoms with Crippen molar-refractivity contribution < 1.29 is 19.1 Å². The monoisotopic (exact) mass is 442 g/mol. The van der Waals surface area contributed by atoms with Crippen molar-refractivity contribution in [2.45, 2.75) is 33.8 Å². The van der Waals surface area contributed by atoms with Gasteiger partial charge >= 0.3 is 5.97 Å². The van der Waals surface area contributed by atoms with Crippen molar-refractivity contribution in [3.8, 4) is 11.6 Å². The number of carbonyl (C=O) groups is 2. The summed E-state index contributed by atoms with van der Waals surface area (Å²) >= 11 is 6.15. The maximum Gasteiger partial charge on any atom is 0.359 e. The van der Waals surface area contributed by atoms with Crippen LogP contribution in [0.1, 0.15) is 35.7 Å². The molecule has 1 amide bonds. The van der Waals surface area contributed by atoms with Gasteiger partial charge in [-0.1, -0.05) is 11.6 Å². The number of halogens is 1. The highest BCUT2D eigenvalue weighted by Crippen LogP contribution is 2.20. The fourth-order valence-corrected chi connectivity index (χ4v) is 3.05. The van der Waals surface area contributed by atoms with Crippen LogP contribution in [0.2, 0.25) is 5.02 Å². The first kappa shape index (κ1) is 22.3. The van der Waals surface area contributed by atoms with Gasteiger partial charge < -0.3 is 14.8 Å². The molecule has 0 fully saturated rings. The standard InChI is InChI=1S/C22H23ClN4O4/c1-5-30-17-8-6-16(7-9-17)24-21(28)15(4)31-22(29)20-18(23)10-11-19(25-20)27-14(3)12-13(2)26-27/h6-12,15H,5H2,1-4H3,(H,24,28). The molecule has 1 atom stereocenters. The zero-order chi connectivity index (χ0) is 22.5. The van der Waals surface area contributed by atoms with E-state index in [0.717, 1.165) is 11.4 Å². The van der Waals surface area contributed by atoms with Crippen LogP contribution in [0.3, 0.4) is 0 Å². The number of hydrogen-bond donors (Lipinski definition) is 1. The highest BCUT2D eigenvalue weighted by molar-refractivity contribution is 6.33. The van der Waals surface area contributed by atoms with Crippen LogP contribution in [0.4, 0.5) is 5.69 Å². The predicted octanol–water partition coefficient (Wildman–Crippen LogP) is 4.12. The Balaban J connectivity index is 1.69. The summed E-state index contributed by atoms with van der Waals surface area (Å²) in [5, 5.41) is 7.16. The second-order valence-electron chi connectivity index (χ2n) is 6.83. The van der Waals surface area contributed by atoms with Gasteiger partial charge in [-0.15, -0.1) is 0 Å². The molecule has 1 N–H and O–H groups in total. The Labute approximate surface area is 185 Å². The van der Waals surface area contributed by atoms with Crippen molar-refractivity contribution in [1.82, 2.24) is 14.8 Å². The molecule has 0 aliphatic rings. The van der Waals surface area contributed by atoms with Gasteiger partial charge in [-0.25, -0.2) is 14.5 Å². The Morgan fingerprint density at radius 1 is 1.16 bits per heavy atom. The third-order valence-corrected chi connectivity index (χ3v) is 4.64. The second-order valence-corrected chi connectivity index (χ2v) is 7.24. The normalized spacial score (nSPS) is 11.6. The van der Waals surface area contributed by atoms with Gasteiger partial charge in [0.05, 0.1) is 17.3 Å². The lowest BCUT2D eigenvalue weighted by atomic mass is 10.2. The highest BCUT2D eigenvalue weighted by Gasteiger charge is 2.23. The van der Waals surface area contributed by atoms with Crippen LogP contribution in [0.25, 0.3) is 5.82 Å². The van der Waals surface area contributed by atoms with Crippen LogP contribution < -0.4 is 10.1 Å². The molecule has 3 aromatic rings. The first-order chi connectivity index (χ1) is 14.8. The first-order valence-electron chi connectivity index (χ1n) is 9.73. The van der Waals surface area contributed by atoms with Gasteiger partial charge in [-0.05, 0) is 70.2 Å². The van der Waals surface area contributed by atoms with E-state index in [9.17, 15) is 9.59 Å². The number of esters is 1. The lowest BCUT2D eigenvalue weighted by molar-refractivity contribution is -0.123. The summed E-state index contributed by atoms with van der Waals surface area (Å²) in [5.74, 6) is -0.164. The SMILES string of the molecule is CCOc1ccc(NC(=O)C(C)OC(=O)c2nc(-n3nc(C)cc3C)ccc2Cl)cc1. The maximum atomic E-state index is 12.6. The average molecular weight is 443 g/mol. The Kier molecular flexibility index (Phi) is 6.91. The molecular weight excluding hydrogens is 420 g/mol. The van der Waals surface area contributed by atoms with Crippen LogP contribution in [0, 0.1) is 13.8 Å². The molecule has 31 heavy (non-hydrogen) atoms. The number of nitrogens with zero attached hydrogens (tertiary/aromatic N) is 3. The van der Waals surface area contributed by atoms with Crippen LogP contribution in [0.15, 0.2) is 42.5 Å². The minimum absolute atomic E-state index is 0.0903. The van der Waals surface area contributed by atoms with Gasteiger partial charge in [0.25, 0.3) is 5.91 Å². The predicted molar refractivity (Wildman–Crippen MR) is 117 cm³/mol. The summed E-state index contributed by atoms with van der Waals surface area (Å²) in [6, 6.07) is 12.0. The van der Waals surface area contributed by atoms with Crippen LogP contribution in [-0.4, -0.2) is 39.4 Å². The topological polar surface area (TPSA) is 95.3 Å². The summed E-state index contributed by atoms with van der Waals surface area (Å²) in [4.78, 5) is 29.3. The lowest BCUT2D eigenvalue weighted by Gasteiger charge is -2.14. The third-order valence-electron chi connectivity index (χ3n) is 4.34. The minimum atomic E-state index is -1.06. The average Bonchev–Trinajstić information content (AvgIpc) is 3.07. The van der Waals surface area contributed by atoms with Crippen molar-refractivity contribution in [3.63, 3.8) is 0 Å². The van der Waals surface area contributed by atoms with E-state index < -0.39 is 18.0 Å². The molecule has 1 aromatic carbocycles. The van der Waals surface area contributed by atoms with Gasteiger partial charge in [0.1, 0.15) is 5.75 Å². The van der Waals surface area contributed by atoms with Crippen molar-refractivity contribution >= 4 is 29.2 Å². The Morgan fingerprint density at radius 3 is 2.48 bits per heavy atom. The Bertz CT molecular complexity index is 1100. The summed E-state index contributed by atoms with van der Waals surface area (Å²) in [6.07, 6.45) is -1.06. The Hall–Kier alpha value is -3.39. The zero-order valence-corrected chi connectivity index (χ0v) is 18.4. The van der Waals surface area contributed by atoms with E-state index in [1.807, 2.05) is 26.8 Å². The van der Waals surface area contributed by atoms with E-state index in [1.165, 1.54) is 6.92 Å². The highest BCUT2D eigenvalue weighted by atomic mass is 35.5. The number of aryl methyl sites for hydroxylation is 2. The number of benzene rings is 1. The quantitative estimate of drug-likeness (QED) is 0.553. The number of carbonyl (C=O) groups excluding carboxylic acids is 2. The Morgan fingerprint density at radius 2 is 1.87 bits per heavy atom. The fourth-order valence-electron chi connectivity index (χ4n) is 2.87. The van der Waals surface area contributed by atoms with Crippen molar-refractivity contribution in [3.05, 3.63) is 64.6 Å². The molecule has 0 bridgehead atoms. The molecule has 0 radical (unpaired) electrons. The first-order valence-corrected chi connectivity index (χ1v) is 10.1. The number of rotatable bonds is 7. The molecule has 0 saturated carbocycles. The largest absolute Gasteiger partial charge is 0.494 e. The number of hydrogen-bond acceptors (Lipinski definition) is 6. The van der Waals surface area contributed by atoms with Gasteiger partial charge in [0.2, 0.25) is 0 Å². The zero-order valence-electron chi connectivity index (χ0n) is 17.7. The summed E-state index contributed by atoms with van der Waals surface area (Å²) < 4.78 is 12.3. The molecule has 162 valence electrons. The fraction of sp³-hybridized carbons (Fsp3) is 0.273. The molecule has 2 aromatic heterocycles. The molecular formula is C22H23ClN4O4. The summed E-state index contributed by atoms with van der Waals surface area (Å²) in [5.41, 5.74) is 2.14. The van der Waals surface area contributed by atoms with Gasteiger partial charge in [0.15, 0.2) is 17.6 Å². The third kappa shape index (κ3) is 5.40. The molecule has 0 aliphatic heterocycles. The maximum absolute atomic E-state index is 12.6. The molecule has 0 aliphatic carbocycles. The van der Waals surface area contributed by atoms with Gasteiger partial charge in [0, 0.05) is 11.4 Å². The second kappa shape index (κ2) is 9.61. The molecule has 0 saturated heterocycles. The van der Waals surface area contributed by atoms with E-state index in [1.54, 1.807) is 41.1 Å². The minimum Gasteiger partial charge on any atom is -0.494 e. The molecule has 2 heterocycles. The van der Waals surface area contributed by atoms with Gasteiger partial charge in [-0.2, -0.15) is 5.10 Å². The van der Waals surface area contributed by atoms with E-state index in [-0.39, 0.29) is 10.7 Å². The number of aromatic nitrogens is 3. The number of nitrogens with one attached hydrogen (secondary N) is 1. The summed E-state index contributed by atoms with van der Waals surface area (Å²) in [6.45, 7) is 7.65. The van der Waals surface area contributed by atoms with Gasteiger partial charge in [-0.3, -0.25) is 4.79 Å². The van der Waals surface area contributed by atoms with E-state index in [2.05, 4.69) is 15.4 Å². The van der Waals surface area contributed by atoms with E-state index in [0.29, 0.717) is 23.9 Å². The lowest BCUT2D eigenvalue weighted by Crippen LogP contribution is -2.30. The number of amides is 1. The molecule has 3 rings (SSSR count). The van der Waals surface area contributed by atoms with Crippen molar-refractivity contribution in [1.29, 1.82) is 0 Å². The summed E-state index contributed by atoms with van der Waals surface area (Å²) in [7, 11) is 0. The smallest absolute Gasteiger partial charge is 0.359 e. The van der Waals surface area contributed by atoms with Crippen LogP contribution >= 0.6 is 11.6 Å². The van der Waals surface area contributed by atoms with E-state index in [4.69, 9.17) is 21.1 Å². The van der Waals surface area contributed by atoms with E-state index >= 15 is 0 Å². The number of pyridine rings is 1.